The Morgan fingerprint density at radius 2 is 1.66 bits per heavy atom. The highest BCUT2D eigenvalue weighted by molar-refractivity contribution is 5.87. The van der Waals surface area contributed by atoms with Crippen LogP contribution in [0.25, 0.3) is 0 Å². The van der Waals surface area contributed by atoms with E-state index in [1.165, 1.54) is 0 Å². The maximum Gasteiger partial charge on any atom is 0.242 e. The molecule has 0 fully saturated rings. The summed E-state index contributed by atoms with van der Waals surface area (Å²) in [6.45, 7) is 7.48. The fourth-order valence-corrected chi connectivity index (χ4v) is 3.35. The zero-order valence-corrected chi connectivity index (χ0v) is 19.7. The number of benzene rings is 2. The smallest absolute Gasteiger partial charge is 0.242 e. The molecule has 2 aromatic rings. The maximum atomic E-state index is 13.2. The van der Waals surface area contributed by atoms with Crippen molar-refractivity contribution in [2.45, 2.75) is 52.6 Å². The van der Waals surface area contributed by atoms with Crippen LogP contribution >= 0.6 is 0 Å². The van der Waals surface area contributed by atoms with Crippen LogP contribution in [0.1, 0.15) is 45.6 Å². The van der Waals surface area contributed by atoms with Gasteiger partial charge in [0.15, 0.2) is 0 Å². The van der Waals surface area contributed by atoms with E-state index in [4.69, 9.17) is 9.47 Å². The average Bonchev–Trinajstić information content (AvgIpc) is 2.81. The monoisotopic (exact) mass is 440 g/mol. The summed E-state index contributed by atoms with van der Waals surface area (Å²) in [5, 5.41) is 2.98. The first-order valence-electron chi connectivity index (χ1n) is 11.3. The highest BCUT2D eigenvalue weighted by Crippen LogP contribution is 2.18. The molecule has 0 heterocycles. The van der Waals surface area contributed by atoms with E-state index in [1.54, 1.807) is 12.0 Å². The Morgan fingerprint density at radius 1 is 1.00 bits per heavy atom. The van der Waals surface area contributed by atoms with Gasteiger partial charge in [-0.3, -0.25) is 9.59 Å². The Kier molecular flexibility index (Phi) is 10.6. The van der Waals surface area contributed by atoms with E-state index < -0.39 is 6.04 Å². The van der Waals surface area contributed by atoms with Crippen LogP contribution < -0.4 is 14.8 Å². The molecule has 0 aromatic heterocycles. The lowest BCUT2D eigenvalue weighted by Crippen LogP contribution is -2.49. The van der Waals surface area contributed by atoms with Crippen LogP contribution in [0.3, 0.4) is 0 Å². The average molecular weight is 441 g/mol. The molecule has 0 aliphatic rings. The summed E-state index contributed by atoms with van der Waals surface area (Å²) in [6, 6.07) is 16.7. The standard InChI is InChI=1S/C26H36N2O4/c1-5-24(26(30)27-18-20(2)3)28(19-21-10-7-6-8-11-21)25(29)12-9-17-32-23-15-13-22(31-4)14-16-23/h6-8,10-11,13-16,20,24H,5,9,12,17-19H2,1-4H3,(H,27,30)/t24-/m1/s1. The SMILES string of the molecule is CC[C@H](C(=O)NCC(C)C)N(Cc1ccccc1)C(=O)CCCOc1ccc(OC)cc1. The third-order valence-electron chi connectivity index (χ3n) is 5.13. The van der Waals surface area contributed by atoms with E-state index in [0.29, 0.717) is 44.9 Å². The molecule has 0 saturated carbocycles. The van der Waals surface area contributed by atoms with Gasteiger partial charge in [-0.05, 0) is 48.6 Å². The van der Waals surface area contributed by atoms with Crippen molar-refractivity contribution in [3.05, 3.63) is 60.2 Å². The number of ether oxygens (including phenoxy) is 2. The second-order valence-corrected chi connectivity index (χ2v) is 8.20. The van der Waals surface area contributed by atoms with Gasteiger partial charge in [0, 0.05) is 19.5 Å². The largest absolute Gasteiger partial charge is 0.497 e. The molecule has 0 unspecified atom stereocenters. The summed E-state index contributed by atoms with van der Waals surface area (Å²) >= 11 is 0. The molecule has 2 amide bonds. The van der Waals surface area contributed by atoms with Gasteiger partial charge in [0.05, 0.1) is 13.7 Å². The van der Waals surface area contributed by atoms with Gasteiger partial charge >= 0.3 is 0 Å². The number of carbonyl (C=O) groups is 2. The van der Waals surface area contributed by atoms with Gasteiger partial charge in [-0.15, -0.1) is 0 Å². The molecule has 1 N–H and O–H groups in total. The van der Waals surface area contributed by atoms with Crippen LogP contribution in [0.4, 0.5) is 0 Å². The summed E-state index contributed by atoms with van der Waals surface area (Å²) in [4.78, 5) is 27.7. The van der Waals surface area contributed by atoms with Crippen LogP contribution in [-0.4, -0.2) is 43.0 Å². The minimum Gasteiger partial charge on any atom is -0.497 e. The first-order valence-corrected chi connectivity index (χ1v) is 11.3. The van der Waals surface area contributed by atoms with Crippen molar-refractivity contribution in [3.8, 4) is 11.5 Å². The van der Waals surface area contributed by atoms with Gasteiger partial charge in [0.2, 0.25) is 11.8 Å². The Bertz CT molecular complexity index is 821. The Morgan fingerprint density at radius 3 is 2.25 bits per heavy atom. The van der Waals surface area contributed by atoms with Crippen LogP contribution in [0, 0.1) is 5.92 Å². The first-order chi connectivity index (χ1) is 15.4. The number of rotatable bonds is 13. The van der Waals surface area contributed by atoms with Crippen LogP contribution in [0.15, 0.2) is 54.6 Å². The predicted octanol–water partition coefficient (Wildman–Crippen LogP) is 4.43. The van der Waals surface area contributed by atoms with E-state index in [9.17, 15) is 9.59 Å². The van der Waals surface area contributed by atoms with Crippen LogP contribution in [0.2, 0.25) is 0 Å². The van der Waals surface area contributed by atoms with Crippen molar-refractivity contribution in [2.75, 3.05) is 20.3 Å². The molecular weight excluding hydrogens is 404 g/mol. The summed E-state index contributed by atoms with van der Waals surface area (Å²) < 4.78 is 10.9. The molecule has 2 rings (SSSR count). The maximum absolute atomic E-state index is 13.2. The molecule has 0 aliphatic carbocycles. The quantitative estimate of drug-likeness (QED) is 0.468. The fourth-order valence-electron chi connectivity index (χ4n) is 3.35. The van der Waals surface area contributed by atoms with Gasteiger partial charge in [-0.25, -0.2) is 0 Å². The van der Waals surface area contributed by atoms with Gasteiger partial charge in [0.1, 0.15) is 17.5 Å². The lowest BCUT2D eigenvalue weighted by Gasteiger charge is -2.31. The molecule has 0 bridgehead atoms. The molecule has 32 heavy (non-hydrogen) atoms. The predicted molar refractivity (Wildman–Crippen MR) is 127 cm³/mol. The zero-order chi connectivity index (χ0) is 23.3. The summed E-state index contributed by atoms with van der Waals surface area (Å²) in [5.74, 6) is 1.72. The molecular formula is C26H36N2O4. The first kappa shape index (κ1) is 25.2. The van der Waals surface area contributed by atoms with E-state index in [-0.39, 0.29) is 11.8 Å². The van der Waals surface area contributed by atoms with Gasteiger partial charge in [-0.2, -0.15) is 0 Å². The van der Waals surface area contributed by atoms with Crippen molar-refractivity contribution in [1.82, 2.24) is 10.2 Å². The Hall–Kier alpha value is -3.02. The molecule has 6 heteroatoms. The van der Waals surface area contributed by atoms with Gasteiger partial charge < -0.3 is 19.7 Å². The molecule has 6 nitrogen and oxygen atoms in total. The number of hydrogen-bond acceptors (Lipinski definition) is 4. The number of hydrogen-bond donors (Lipinski definition) is 1. The number of nitrogens with one attached hydrogen (secondary N) is 1. The Balaban J connectivity index is 1.99. The Labute approximate surface area is 191 Å². The molecule has 0 aliphatic heterocycles. The van der Waals surface area contributed by atoms with Crippen molar-refractivity contribution in [2.24, 2.45) is 5.92 Å². The molecule has 0 saturated heterocycles. The van der Waals surface area contributed by atoms with Gasteiger partial charge in [0.25, 0.3) is 0 Å². The highest BCUT2D eigenvalue weighted by atomic mass is 16.5. The lowest BCUT2D eigenvalue weighted by molar-refractivity contribution is -0.141. The number of amides is 2. The molecule has 174 valence electrons. The van der Waals surface area contributed by atoms with Crippen molar-refractivity contribution in [1.29, 1.82) is 0 Å². The van der Waals surface area contributed by atoms with Crippen molar-refractivity contribution in [3.63, 3.8) is 0 Å². The minimum atomic E-state index is -0.496. The van der Waals surface area contributed by atoms with E-state index in [2.05, 4.69) is 19.2 Å². The fraction of sp³-hybridized carbons (Fsp3) is 0.462. The van der Waals surface area contributed by atoms with Crippen molar-refractivity contribution < 1.29 is 19.1 Å². The van der Waals surface area contributed by atoms with Gasteiger partial charge in [-0.1, -0.05) is 51.1 Å². The van der Waals surface area contributed by atoms with Crippen LogP contribution in [-0.2, 0) is 16.1 Å². The normalized spacial score (nSPS) is 11.7. The number of carbonyl (C=O) groups excluding carboxylic acids is 2. The molecule has 1 atom stereocenters. The highest BCUT2D eigenvalue weighted by Gasteiger charge is 2.28. The van der Waals surface area contributed by atoms with Crippen molar-refractivity contribution >= 4 is 11.8 Å². The second-order valence-electron chi connectivity index (χ2n) is 8.20. The lowest BCUT2D eigenvalue weighted by atomic mass is 10.1. The topological polar surface area (TPSA) is 67.9 Å². The third-order valence-corrected chi connectivity index (χ3v) is 5.13. The molecule has 2 aromatic carbocycles. The second kappa shape index (κ2) is 13.4. The summed E-state index contributed by atoms with van der Waals surface area (Å²) in [7, 11) is 1.62. The number of nitrogens with zero attached hydrogens (tertiary/aromatic N) is 1. The minimum absolute atomic E-state index is 0.0428. The van der Waals surface area contributed by atoms with E-state index in [1.807, 2.05) is 61.5 Å². The van der Waals surface area contributed by atoms with Crippen LogP contribution in [0.5, 0.6) is 11.5 Å². The number of methoxy groups -OCH3 is 1. The van der Waals surface area contributed by atoms with E-state index in [0.717, 1.165) is 17.1 Å². The summed E-state index contributed by atoms with van der Waals surface area (Å²) in [5.41, 5.74) is 1.01. The third kappa shape index (κ3) is 8.25. The zero-order valence-electron chi connectivity index (χ0n) is 19.7. The molecule has 0 radical (unpaired) electrons. The summed E-state index contributed by atoms with van der Waals surface area (Å²) in [6.07, 6.45) is 1.45. The molecule has 0 spiro atoms. The van der Waals surface area contributed by atoms with E-state index >= 15 is 0 Å².